The van der Waals surface area contributed by atoms with Crippen molar-refractivity contribution in [3.8, 4) is 22.8 Å². The molecule has 3 rings (SSSR count). The molecule has 1 heterocycles. The summed E-state index contributed by atoms with van der Waals surface area (Å²) in [7, 11) is 0. The minimum absolute atomic E-state index is 0.814. The molecule has 29 heavy (non-hydrogen) atoms. The smallest absolute Gasteiger partial charge is 0.131 e. The third-order valence-electron chi connectivity index (χ3n) is 4.65. The summed E-state index contributed by atoms with van der Waals surface area (Å²) in [6.07, 6.45) is 7.95. The number of hydrogen-bond acceptors (Lipinski definition) is 2. The van der Waals surface area contributed by atoms with Crippen LogP contribution in [0.3, 0.4) is 0 Å². The summed E-state index contributed by atoms with van der Waals surface area (Å²) in [6, 6.07) is 18.4. The topological polar surface area (TPSA) is 22.1 Å². The van der Waals surface area contributed by atoms with Crippen LogP contribution < -0.4 is 4.74 Å². The maximum atomic E-state index is 6.32. The second-order valence-electron chi connectivity index (χ2n) is 7.22. The van der Waals surface area contributed by atoms with Crippen molar-refractivity contribution in [1.29, 1.82) is 0 Å². The fourth-order valence-corrected chi connectivity index (χ4v) is 3.17. The Hall–Kier alpha value is -3.39. The fourth-order valence-electron chi connectivity index (χ4n) is 3.17. The summed E-state index contributed by atoms with van der Waals surface area (Å²) in [6.45, 7) is 12.3. The average molecular weight is 382 g/mol. The van der Waals surface area contributed by atoms with Crippen LogP contribution in [0, 0.1) is 13.8 Å². The van der Waals surface area contributed by atoms with Crippen LogP contribution in [-0.4, -0.2) is 4.98 Å². The predicted molar refractivity (Wildman–Crippen MR) is 123 cm³/mol. The molecule has 0 fully saturated rings. The van der Waals surface area contributed by atoms with Crippen LogP contribution in [-0.2, 0) is 0 Å². The largest absolute Gasteiger partial charge is 0.457 e. The van der Waals surface area contributed by atoms with Crippen molar-refractivity contribution in [3.05, 3.63) is 108 Å². The molecule has 2 aromatic carbocycles. The van der Waals surface area contributed by atoms with E-state index in [0.29, 0.717) is 0 Å². The van der Waals surface area contributed by atoms with Gasteiger partial charge in [0.1, 0.15) is 11.5 Å². The first kappa shape index (κ1) is 20.3. The van der Waals surface area contributed by atoms with E-state index in [-0.39, 0.29) is 0 Å². The van der Waals surface area contributed by atoms with Gasteiger partial charge in [0.25, 0.3) is 0 Å². The number of aromatic nitrogens is 1. The standard InChI is InChI=1S/C27H27NO/c1-6-7-10-25(19(2)3)23-15-20(4)16-24(17-23)29-27-18-22(13-12-21(27)5)26-11-8-9-14-28-26/h6-18H,2H2,1,3-5H3/b7-6-,25-10+. The minimum Gasteiger partial charge on any atom is -0.457 e. The molecule has 0 saturated carbocycles. The van der Waals surface area contributed by atoms with Gasteiger partial charge in [-0.25, -0.2) is 0 Å². The van der Waals surface area contributed by atoms with Crippen LogP contribution in [0.5, 0.6) is 11.5 Å². The van der Waals surface area contributed by atoms with Crippen molar-refractivity contribution < 1.29 is 4.74 Å². The summed E-state index contributed by atoms with van der Waals surface area (Å²) in [5.74, 6) is 1.65. The average Bonchev–Trinajstić information content (AvgIpc) is 2.70. The molecule has 0 N–H and O–H groups in total. The van der Waals surface area contributed by atoms with E-state index in [1.807, 2.05) is 44.2 Å². The third-order valence-corrected chi connectivity index (χ3v) is 4.65. The third kappa shape index (κ3) is 5.11. The van der Waals surface area contributed by atoms with Crippen molar-refractivity contribution in [2.45, 2.75) is 27.7 Å². The zero-order chi connectivity index (χ0) is 20.8. The minimum atomic E-state index is 0.814. The van der Waals surface area contributed by atoms with Gasteiger partial charge < -0.3 is 4.74 Å². The zero-order valence-electron chi connectivity index (χ0n) is 17.6. The number of aryl methyl sites for hydroxylation is 2. The van der Waals surface area contributed by atoms with Crippen molar-refractivity contribution >= 4 is 5.57 Å². The first-order valence-corrected chi connectivity index (χ1v) is 9.79. The normalized spacial score (nSPS) is 11.7. The highest BCUT2D eigenvalue weighted by Gasteiger charge is 2.09. The fraction of sp³-hybridized carbons (Fsp3) is 0.148. The first-order valence-electron chi connectivity index (χ1n) is 9.79. The quantitative estimate of drug-likeness (QED) is 0.408. The maximum absolute atomic E-state index is 6.32. The molecule has 0 amide bonds. The summed E-state index contributed by atoms with van der Waals surface area (Å²) in [4.78, 5) is 4.45. The Labute approximate surface area is 173 Å². The van der Waals surface area contributed by atoms with E-state index in [1.165, 1.54) is 0 Å². The van der Waals surface area contributed by atoms with E-state index in [9.17, 15) is 0 Å². The lowest BCUT2D eigenvalue weighted by molar-refractivity contribution is 0.478. The Kier molecular flexibility index (Phi) is 6.46. The van der Waals surface area contributed by atoms with E-state index < -0.39 is 0 Å². The summed E-state index contributed by atoms with van der Waals surface area (Å²) in [5.41, 5.74) is 7.42. The van der Waals surface area contributed by atoms with Gasteiger partial charge in [-0.05, 0) is 80.3 Å². The number of allylic oxidation sites excluding steroid dienone is 5. The van der Waals surface area contributed by atoms with E-state index in [2.05, 4.69) is 67.9 Å². The summed E-state index contributed by atoms with van der Waals surface area (Å²) >= 11 is 0. The molecule has 3 aromatic rings. The second kappa shape index (κ2) is 9.20. The number of ether oxygens (including phenoxy) is 1. The molecule has 0 radical (unpaired) electrons. The Morgan fingerprint density at radius 2 is 1.86 bits per heavy atom. The summed E-state index contributed by atoms with van der Waals surface area (Å²) < 4.78 is 6.32. The Bertz CT molecular complexity index is 1070. The lowest BCUT2D eigenvalue weighted by Gasteiger charge is -2.14. The molecule has 0 saturated heterocycles. The lowest BCUT2D eigenvalue weighted by Crippen LogP contribution is -1.93. The maximum Gasteiger partial charge on any atom is 0.131 e. The van der Waals surface area contributed by atoms with Gasteiger partial charge in [-0.3, -0.25) is 4.98 Å². The van der Waals surface area contributed by atoms with Crippen molar-refractivity contribution in [2.24, 2.45) is 0 Å². The number of hydrogen-bond donors (Lipinski definition) is 0. The number of nitrogens with zero attached hydrogens (tertiary/aromatic N) is 1. The molecular weight excluding hydrogens is 354 g/mol. The Morgan fingerprint density at radius 3 is 2.55 bits per heavy atom. The van der Waals surface area contributed by atoms with Gasteiger partial charge in [-0.15, -0.1) is 0 Å². The van der Waals surface area contributed by atoms with Gasteiger partial charge in [0.2, 0.25) is 0 Å². The van der Waals surface area contributed by atoms with Crippen molar-refractivity contribution in [3.63, 3.8) is 0 Å². The SMILES string of the molecule is C=C(C)/C(=C\C=C/C)c1cc(C)cc(Oc2cc(-c3ccccn3)ccc2C)c1. The molecule has 2 heteroatoms. The van der Waals surface area contributed by atoms with Gasteiger partial charge in [-0.1, -0.05) is 54.6 Å². The molecular formula is C27H27NO. The molecule has 0 atom stereocenters. The van der Waals surface area contributed by atoms with Gasteiger partial charge >= 0.3 is 0 Å². The molecule has 146 valence electrons. The van der Waals surface area contributed by atoms with E-state index in [0.717, 1.165) is 50.6 Å². The van der Waals surface area contributed by atoms with Gasteiger partial charge in [0.05, 0.1) is 5.69 Å². The molecule has 0 aliphatic rings. The van der Waals surface area contributed by atoms with Crippen LogP contribution in [0.1, 0.15) is 30.5 Å². The molecule has 0 spiro atoms. The number of benzene rings is 2. The summed E-state index contributed by atoms with van der Waals surface area (Å²) in [5, 5.41) is 0. The molecule has 2 nitrogen and oxygen atoms in total. The van der Waals surface area contributed by atoms with E-state index in [4.69, 9.17) is 4.74 Å². The first-order chi connectivity index (χ1) is 14.0. The highest BCUT2D eigenvalue weighted by Crippen LogP contribution is 2.33. The van der Waals surface area contributed by atoms with E-state index in [1.54, 1.807) is 6.20 Å². The second-order valence-corrected chi connectivity index (χ2v) is 7.22. The zero-order valence-corrected chi connectivity index (χ0v) is 17.6. The van der Waals surface area contributed by atoms with Gasteiger partial charge in [0, 0.05) is 11.8 Å². The van der Waals surface area contributed by atoms with Crippen LogP contribution in [0.25, 0.3) is 16.8 Å². The highest BCUT2D eigenvalue weighted by molar-refractivity contribution is 5.80. The molecule has 0 bridgehead atoms. The highest BCUT2D eigenvalue weighted by atomic mass is 16.5. The Morgan fingerprint density at radius 1 is 1.03 bits per heavy atom. The Balaban J connectivity index is 1.99. The van der Waals surface area contributed by atoms with Crippen LogP contribution in [0.2, 0.25) is 0 Å². The number of pyridine rings is 1. The van der Waals surface area contributed by atoms with Crippen molar-refractivity contribution in [2.75, 3.05) is 0 Å². The van der Waals surface area contributed by atoms with Crippen LogP contribution in [0.4, 0.5) is 0 Å². The van der Waals surface area contributed by atoms with Crippen LogP contribution in [0.15, 0.2) is 91.2 Å². The lowest BCUT2D eigenvalue weighted by atomic mass is 9.97. The van der Waals surface area contributed by atoms with Crippen molar-refractivity contribution in [1.82, 2.24) is 4.98 Å². The van der Waals surface area contributed by atoms with Gasteiger partial charge in [-0.2, -0.15) is 0 Å². The van der Waals surface area contributed by atoms with Crippen LogP contribution >= 0.6 is 0 Å². The molecule has 0 aliphatic carbocycles. The molecule has 0 aliphatic heterocycles. The van der Waals surface area contributed by atoms with Gasteiger partial charge in [0.15, 0.2) is 0 Å². The predicted octanol–water partition coefficient (Wildman–Crippen LogP) is 7.69. The van der Waals surface area contributed by atoms with E-state index >= 15 is 0 Å². The number of rotatable bonds is 6. The monoisotopic (exact) mass is 381 g/mol. The molecule has 1 aromatic heterocycles. The molecule has 0 unspecified atom stereocenters.